The second-order valence-corrected chi connectivity index (χ2v) is 7.63. The van der Waals surface area contributed by atoms with Crippen molar-refractivity contribution in [3.05, 3.63) is 35.4 Å². The molecule has 0 aromatic heterocycles. The van der Waals surface area contributed by atoms with Crippen LogP contribution in [0.3, 0.4) is 0 Å². The second-order valence-electron chi connectivity index (χ2n) is 7.63. The lowest BCUT2D eigenvalue weighted by Crippen LogP contribution is -2.37. The third-order valence-corrected chi connectivity index (χ3v) is 5.47. The van der Waals surface area contributed by atoms with E-state index in [1.807, 2.05) is 0 Å². The van der Waals surface area contributed by atoms with Crippen molar-refractivity contribution in [3.8, 4) is 0 Å². The molecule has 1 atom stereocenters. The smallest absolute Gasteiger partial charge is 0.188 e. The van der Waals surface area contributed by atoms with Gasteiger partial charge in [0.1, 0.15) is 0 Å². The molecule has 3 rings (SSSR count). The Kier molecular flexibility index (Phi) is 8.49. The number of rotatable bonds is 6. The summed E-state index contributed by atoms with van der Waals surface area (Å²) in [5, 5.41) is 3.28. The Morgan fingerprint density at radius 1 is 1.20 bits per heavy atom. The van der Waals surface area contributed by atoms with E-state index in [1.54, 1.807) is 0 Å². The van der Waals surface area contributed by atoms with Gasteiger partial charge in [0.2, 0.25) is 0 Å². The molecule has 4 nitrogen and oxygen atoms in total. The van der Waals surface area contributed by atoms with Crippen molar-refractivity contribution in [2.75, 3.05) is 19.6 Å². The van der Waals surface area contributed by atoms with E-state index in [1.165, 1.54) is 56.3 Å². The highest BCUT2D eigenvalue weighted by Gasteiger charge is 2.18. The first-order valence-corrected chi connectivity index (χ1v) is 9.53. The second kappa shape index (κ2) is 10.4. The number of hydrogen-bond acceptors (Lipinski definition) is 2. The zero-order valence-electron chi connectivity index (χ0n) is 15.4. The maximum Gasteiger partial charge on any atom is 0.188 e. The summed E-state index contributed by atoms with van der Waals surface area (Å²) in [4.78, 5) is 7.14. The van der Waals surface area contributed by atoms with Crippen LogP contribution >= 0.6 is 24.0 Å². The van der Waals surface area contributed by atoms with Crippen LogP contribution in [0, 0.1) is 11.8 Å². The fourth-order valence-electron chi connectivity index (χ4n) is 3.71. The number of aliphatic imine (C=N–C) groups is 1. The van der Waals surface area contributed by atoms with E-state index < -0.39 is 0 Å². The molecule has 1 aliphatic heterocycles. The Hall–Kier alpha value is -0.820. The molecule has 140 valence electrons. The number of likely N-dealkylation sites (tertiary alicyclic amines) is 1. The van der Waals surface area contributed by atoms with E-state index in [0.29, 0.717) is 12.5 Å². The van der Waals surface area contributed by atoms with Crippen molar-refractivity contribution < 1.29 is 0 Å². The zero-order chi connectivity index (χ0) is 16.8. The molecule has 1 saturated carbocycles. The zero-order valence-corrected chi connectivity index (χ0v) is 17.7. The topological polar surface area (TPSA) is 53.6 Å². The molecular formula is C20H33IN4. The van der Waals surface area contributed by atoms with E-state index in [9.17, 15) is 0 Å². The van der Waals surface area contributed by atoms with Crippen LogP contribution < -0.4 is 11.1 Å². The van der Waals surface area contributed by atoms with Crippen molar-refractivity contribution in [1.29, 1.82) is 0 Å². The predicted octanol–water partition coefficient (Wildman–Crippen LogP) is 3.74. The van der Waals surface area contributed by atoms with E-state index in [0.717, 1.165) is 24.9 Å². The lowest BCUT2D eigenvalue weighted by atomic mass is 9.85. The summed E-state index contributed by atoms with van der Waals surface area (Å²) in [6.07, 6.45) is 6.71. The van der Waals surface area contributed by atoms with Gasteiger partial charge in [-0.2, -0.15) is 0 Å². The van der Waals surface area contributed by atoms with Crippen LogP contribution in [0.4, 0.5) is 0 Å². The minimum atomic E-state index is 0. The highest BCUT2D eigenvalue weighted by molar-refractivity contribution is 14.0. The fraction of sp³-hybridized carbons (Fsp3) is 0.650. The number of hydrogen-bond donors (Lipinski definition) is 2. The van der Waals surface area contributed by atoms with E-state index in [2.05, 4.69) is 46.4 Å². The number of guanidine groups is 1. The summed E-state index contributed by atoms with van der Waals surface area (Å²) in [7, 11) is 0. The van der Waals surface area contributed by atoms with Crippen molar-refractivity contribution >= 4 is 29.9 Å². The molecule has 0 spiro atoms. The molecule has 0 radical (unpaired) electrons. The molecule has 1 aromatic carbocycles. The van der Waals surface area contributed by atoms with Crippen LogP contribution in [0.15, 0.2) is 29.3 Å². The van der Waals surface area contributed by atoms with Crippen LogP contribution in [-0.2, 0) is 13.1 Å². The number of benzene rings is 1. The minimum Gasteiger partial charge on any atom is -0.370 e. The van der Waals surface area contributed by atoms with Crippen LogP contribution in [0.25, 0.3) is 0 Å². The van der Waals surface area contributed by atoms with Gasteiger partial charge in [0.15, 0.2) is 5.96 Å². The lowest BCUT2D eigenvalue weighted by Gasteiger charge is -2.31. The Bertz CT molecular complexity index is 556. The number of halogens is 1. The highest BCUT2D eigenvalue weighted by atomic mass is 127. The van der Waals surface area contributed by atoms with Gasteiger partial charge in [-0.15, -0.1) is 24.0 Å². The monoisotopic (exact) mass is 456 g/mol. The summed E-state index contributed by atoms with van der Waals surface area (Å²) < 4.78 is 0. The molecule has 0 bridgehead atoms. The first-order valence-electron chi connectivity index (χ1n) is 9.53. The maximum atomic E-state index is 6.03. The lowest BCUT2D eigenvalue weighted by molar-refractivity contribution is 0.176. The molecule has 1 aliphatic carbocycles. The molecule has 1 aromatic rings. The van der Waals surface area contributed by atoms with Gasteiger partial charge in [0.05, 0.1) is 6.54 Å². The average Bonchev–Trinajstić information content (AvgIpc) is 2.53. The quantitative estimate of drug-likeness (QED) is 0.390. The summed E-state index contributed by atoms with van der Waals surface area (Å²) >= 11 is 0. The highest BCUT2D eigenvalue weighted by Crippen LogP contribution is 2.25. The first kappa shape index (κ1) is 20.5. The normalized spacial score (nSPS) is 22.1. The van der Waals surface area contributed by atoms with Gasteiger partial charge < -0.3 is 11.1 Å². The maximum absolute atomic E-state index is 6.03. The summed E-state index contributed by atoms with van der Waals surface area (Å²) in [6.45, 7) is 7.46. The molecule has 5 heteroatoms. The van der Waals surface area contributed by atoms with Gasteiger partial charge in [-0.25, -0.2) is 4.99 Å². The van der Waals surface area contributed by atoms with Gasteiger partial charge >= 0.3 is 0 Å². The minimum absolute atomic E-state index is 0. The molecule has 1 heterocycles. The summed E-state index contributed by atoms with van der Waals surface area (Å²) in [5.74, 6) is 2.20. The third-order valence-electron chi connectivity index (χ3n) is 5.47. The first-order chi connectivity index (χ1) is 11.7. The largest absolute Gasteiger partial charge is 0.370 e. The van der Waals surface area contributed by atoms with Gasteiger partial charge in [-0.1, -0.05) is 37.6 Å². The van der Waals surface area contributed by atoms with E-state index in [4.69, 9.17) is 5.73 Å². The van der Waals surface area contributed by atoms with Crippen molar-refractivity contribution in [3.63, 3.8) is 0 Å². The fourth-order valence-corrected chi connectivity index (χ4v) is 3.71. The van der Waals surface area contributed by atoms with Gasteiger partial charge in [0.25, 0.3) is 0 Å². The van der Waals surface area contributed by atoms with Crippen LogP contribution in [-0.4, -0.2) is 30.5 Å². The van der Waals surface area contributed by atoms with Gasteiger partial charge in [-0.05, 0) is 55.2 Å². The van der Waals surface area contributed by atoms with Crippen molar-refractivity contribution in [2.24, 2.45) is 22.6 Å². The molecule has 25 heavy (non-hydrogen) atoms. The molecule has 3 N–H and O–H groups in total. The van der Waals surface area contributed by atoms with Gasteiger partial charge in [0, 0.05) is 19.6 Å². The van der Waals surface area contributed by atoms with E-state index >= 15 is 0 Å². The summed E-state index contributed by atoms with van der Waals surface area (Å²) in [6, 6.07) is 8.66. The molecule has 1 unspecified atom stereocenters. The molecular weight excluding hydrogens is 423 g/mol. The van der Waals surface area contributed by atoms with Crippen LogP contribution in [0.2, 0.25) is 0 Å². The molecule has 0 amide bonds. The number of nitrogens with one attached hydrogen (secondary N) is 1. The predicted molar refractivity (Wildman–Crippen MR) is 116 cm³/mol. The van der Waals surface area contributed by atoms with Crippen LogP contribution in [0.5, 0.6) is 0 Å². The Balaban J connectivity index is 0.00000225. The van der Waals surface area contributed by atoms with E-state index in [-0.39, 0.29) is 24.0 Å². The Morgan fingerprint density at radius 3 is 2.64 bits per heavy atom. The molecule has 2 fully saturated rings. The van der Waals surface area contributed by atoms with Crippen molar-refractivity contribution in [1.82, 2.24) is 10.2 Å². The molecule has 2 aliphatic rings. The number of nitrogens with two attached hydrogens (primary N) is 1. The summed E-state index contributed by atoms with van der Waals surface area (Å²) in [5.41, 5.74) is 8.72. The molecule has 1 saturated heterocycles. The third kappa shape index (κ3) is 6.44. The number of piperidine rings is 1. The standard InChI is InChI=1S/C20H32N4.HI/c1-16-6-5-11-24(14-16)15-19-10-3-2-9-18(19)13-23-20(21)22-12-17-7-4-8-17;/h2-3,9-10,16-17H,4-8,11-15H2,1H3,(H3,21,22,23);1H. The average molecular weight is 456 g/mol. The van der Waals surface area contributed by atoms with Crippen LogP contribution in [0.1, 0.15) is 50.2 Å². The Labute approximate surface area is 169 Å². The SMILES string of the molecule is CC1CCCN(Cc2ccccc2CN=C(N)NCC2CCC2)C1.I. The van der Waals surface area contributed by atoms with Crippen molar-refractivity contribution in [2.45, 2.75) is 52.1 Å². The number of nitrogens with zero attached hydrogens (tertiary/aromatic N) is 2. The van der Waals surface area contributed by atoms with Gasteiger partial charge in [-0.3, -0.25) is 4.90 Å². The Morgan fingerprint density at radius 2 is 1.96 bits per heavy atom.